The Morgan fingerprint density at radius 2 is 2.08 bits per heavy atom. The summed E-state index contributed by atoms with van der Waals surface area (Å²) in [6, 6.07) is 5.17. The molecule has 4 N–H and O–H groups in total. The van der Waals surface area contributed by atoms with Crippen molar-refractivity contribution >= 4 is 0 Å². The average molecular weight is 181 g/mol. The summed E-state index contributed by atoms with van der Waals surface area (Å²) < 4.78 is 0. The molecule has 0 amide bonds. The van der Waals surface area contributed by atoms with Crippen LogP contribution in [0.1, 0.15) is 18.1 Å². The minimum absolute atomic E-state index is 0.129. The van der Waals surface area contributed by atoms with E-state index in [1.165, 1.54) is 0 Å². The van der Waals surface area contributed by atoms with Crippen molar-refractivity contribution in [1.82, 2.24) is 0 Å². The summed E-state index contributed by atoms with van der Waals surface area (Å²) in [6.07, 6.45) is 0. The third-order valence-corrected chi connectivity index (χ3v) is 2.10. The molecule has 3 nitrogen and oxygen atoms in total. The van der Waals surface area contributed by atoms with Gasteiger partial charge in [0.15, 0.2) is 0 Å². The first kappa shape index (κ1) is 10.0. The molecule has 0 spiro atoms. The van der Waals surface area contributed by atoms with Gasteiger partial charge >= 0.3 is 0 Å². The van der Waals surface area contributed by atoms with Gasteiger partial charge in [0.25, 0.3) is 0 Å². The monoisotopic (exact) mass is 181 g/mol. The highest BCUT2D eigenvalue weighted by atomic mass is 16.3. The van der Waals surface area contributed by atoms with Crippen molar-refractivity contribution in [1.29, 1.82) is 0 Å². The quantitative estimate of drug-likeness (QED) is 0.634. The third-order valence-electron chi connectivity index (χ3n) is 2.10. The molecule has 1 aromatic carbocycles. The number of aliphatic hydroxyl groups excluding tert-OH is 1. The van der Waals surface area contributed by atoms with Gasteiger partial charge in [0.1, 0.15) is 5.75 Å². The van der Waals surface area contributed by atoms with E-state index in [-0.39, 0.29) is 12.4 Å². The minimum atomic E-state index is -0.879. The Balaban J connectivity index is 3.20. The molecule has 0 aliphatic rings. The lowest BCUT2D eigenvalue weighted by Crippen LogP contribution is -2.37. The van der Waals surface area contributed by atoms with Gasteiger partial charge < -0.3 is 15.9 Å². The normalized spacial score (nSPS) is 15.4. The standard InChI is InChI=1S/C10H15NO2/c1-7-3-4-9(13)8(5-7)10(2,11)6-12/h3-5,12-13H,6,11H2,1-2H3/t10-/m0/s1. The number of hydrogen-bond donors (Lipinski definition) is 3. The van der Waals surface area contributed by atoms with Crippen LogP contribution in [0.25, 0.3) is 0 Å². The van der Waals surface area contributed by atoms with Crippen LogP contribution in [0.2, 0.25) is 0 Å². The third kappa shape index (κ3) is 1.99. The van der Waals surface area contributed by atoms with E-state index in [2.05, 4.69) is 0 Å². The van der Waals surface area contributed by atoms with Gasteiger partial charge in [0, 0.05) is 5.56 Å². The highest BCUT2D eigenvalue weighted by Gasteiger charge is 2.23. The number of hydrogen-bond acceptors (Lipinski definition) is 3. The van der Waals surface area contributed by atoms with E-state index >= 15 is 0 Å². The van der Waals surface area contributed by atoms with Gasteiger partial charge in [-0.2, -0.15) is 0 Å². The second-order valence-corrected chi connectivity index (χ2v) is 3.60. The summed E-state index contributed by atoms with van der Waals surface area (Å²) in [5.41, 5.74) is 6.51. The second-order valence-electron chi connectivity index (χ2n) is 3.60. The fourth-order valence-corrected chi connectivity index (χ4v) is 1.19. The van der Waals surface area contributed by atoms with E-state index in [9.17, 15) is 5.11 Å². The van der Waals surface area contributed by atoms with Crippen molar-refractivity contribution < 1.29 is 10.2 Å². The van der Waals surface area contributed by atoms with Crippen LogP contribution in [0, 0.1) is 6.92 Å². The predicted molar refractivity (Wildman–Crippen MR) is 51.5 cm³/mol. The second kappa shape index (κ2) is 3.36. The van der Waals surface area contributed by atoms with Gasteiger partial charge in [-0.1, -0.05) is 17.7 Å². The molecule has 1 rings (SSSR count). The lowest BCUT2D eigenvalue weighted by molar-refractivity contribution is 0.207. The molecule has 0 heterocycles. The van der Waals surface area contributed by atoms with Crippen LogP contribution in [0.4, 0.5) is 0 Å². The number of aliphatic hydroxyl groups is 1. The highest BCUT2D eigenvalue weighted by Crippen LogP contribution is 2.27. The summed E-state index contributed by atoms with van der Waals surface area (Å²) >= 11 is 0. The molecule has 1 atom stereocenters. The molecule has 0 bridgehead atoms. The molecule has 72 valence electrons. The largest absolute Gasteiger partial charge is 0.508 e. The molecule has 0 saturated heterocycles. The maximum Gasteiger partial charge on any atom is 0.120 e. The van der Waals surface area contributed by atoms with Crippen LogP contribution in [-0.4, -0.2) is 16.8 Å². The molecule has 0 radical (unpaired) electrons. The van der Waals surface area contributed by atoms with Crippen LogP contribution in [0.5, 0.6) is 5.75 Å². The van der Waals surface area contributed by atoms with Crippen LogP contribution in [0.3, 0.4) is 0 Å². The van der Waals surface area contributed by atoms with Gasteiger partial charge in [-0.25, -0.2) is 0 Å². The van der Waals surface area contributed by atoms with Crippen molar-refractivity contribution in [2.75, 3.05) is 6.61 Å². The fourth-order valence-electron chi connectivity index (χ4n) is 1.19. The Hall–Kier alpha value is -1.06. The van der Waals surface area contributed by atoms with Gasteiger partial charge in [0.2, 0.25) is 0 Å². The Morgan fingerprint density at radius 3 is 2.62 bits per heavy atom. The SMILES string of the molecule is Cc1ccc(O)c([C@@](C)(N)CO)c1. The first-order valence-electron chi connectivity index (χ1n) is 4.17. The topological polar surface area (TPSA) is 66.5 Å². The van der Waals surface area contributed by atoms with Crippen molar-refractivity contribution in [2.24, 2.45) is 5.73 Å². The number of nitrogens with two attached hydrogens (primary N) is 1. The Kier molecular flexibility index (Phi) is 2.59. The van der Waals surface area contributed by atoms with Crippen molar-refractivity contribution in [2.45, 2.75) is 19.4 Å². The van der Waals surface area contributed by atoms with Crippen LogP contribution in [-0.2, 0) is 5.54 Å². The predicted octanol–water partition coefficient (Wildman–Crippen LogP) is 0.867. The molecular weight excluding hydrogens is 166 g/mol. The molecule has 1 aromatic rings. The first-order chi connectivity index (χ1) is 5.97. The summed E-state index contributed by atoms with van der Waals surface area (Å²) in [7, 11) is 0. The summed E-state index contributed by atoms with van der Waals surface area (Å²) in [6.45, 7) is 3.40. The van der Waals surface area contributed by atoms with Crippen molar-refractivity contribution in [3.05, 3.63) is 29.3 Å². The summed E-state index contributed by atoms with van der Waals surface area (Å²) in [5, 5.41) is 18.5. The zero-order valence-electron chi connectivity index (χ0n) is 7.91. The number of rotatable bonds is 2. The Bertz CT molecular complexity index is 308. The number of aryl methyl sites for hydroxylation is 1. The zero-order chi connectivity index (χ0) is 10.1. The van der Waals surface area contributed by atoms with E-state index in [1.54, 1.807) is 25.1 Å². The minimum Gasteiger partial charge on any atom is -0.508 e. The molecule has 0 unspecified atom stereocenters. The lowest BCUT2D eigenvalue weighted by atomic mass is 9.92. The molecule has 0 saturated carbocycles. The van der Waals surface area contributed by atoms with Gasteiger partial charge in [0.05, 0.1) is 12.1 Å². The number of benzene rings is 1. The molecule has 0 fully saturated rings. The Labute approximate surface area is 77.8 Å². The Morgan fingerprint density at radius 1 is 1.46 bits per heavy atom. The maximum atomic E-state index is 9.51. The number of aromatic hydroxyl groups is 1. The van der Waals surface area contributed by atoms with Crippen LogP contribution < -0.4 is 5.73 Å². The van der Waals surface area contributed by atoms with Gasteiger partial charge in [-0.3, -0.25) is 0 Å². The van der Waals surface area contributed by atoms with E-state index in [4.69, 9.17) is 10.8 Å². The molecule has 13 heavy (non-hydrogen) atoms. The fraction of sp³-hybridized carbons (Fsp3) is 0.400. The van der Waals surface area contributed by atoms with Crippen LogP contribution in [0.15, 0.2) is 18.2 Å². The van der Waals surface area contributed by atoms with E-state index in [0.717, 1.165) is 5.56 Å². The summed E-state index contributed by atoms with van der Waals surface area (Å²) in [5.74, 6) is 0.129. The van der Waals surface area contributed by atoms with E-state index < -0.39 is 5.54 Å². The highest BCUT2D eigenvalue weighted by molar-refractivity contribution is 5.40. The van der Waals surface area contributed by atoms with Gasteiger partial charge in [-0.15, -0.1) is 0 Å². The van der Waals surface area contributed by atoms with Crippen LogP contribution >= 0.6 is 0 Å². The number of phenolic OH excluding ortho intramolecular Hbond substituents is 1. The van der Waals surface area contributed by atoms with E-state index in [1.807, 2.05) is 6.92 Å². The number of phenols is 1. The van der Waals surface area contributed by atoms with Gasteiger partial charge in [-0.05, 0) is 19.9 Å². The smallest absolute Gasteiger partial charge is 0.120 e. The first-order valence-corrected chi connectivity index (χ1v) is 4.17. The molecule has 0 aliphatic carbocycles. The molecule has 3 heteroatoms. The lowest BCUT2D eigenvalue weighted by Gasteiger charge is -2.23. The molecule has 0 aromatic heterocycles. The van der Waals surface area contributed by atoms with Crippen molar-refractivity contribution in [3.63, 3.8) is 0 Å². The zero-order valence-corrected chi connectivity index (χ0v) is 7.91. The summed E-state index contributed by atoms with van der Waals surface area (Å²) in [4.78, 5) is 0. The van der Waals surface area contributed by atoms with Crippen molar-refractivity contribution in [3.8, 4) is 5.75 Å². The molecular formula is C10H15NO2. The molecule has 0 aliphatic heterocycles. The average Bonchev–Trinajstić information content (AvgIpc) is 2.09. The van der Waals surface area contributed by atoms with E-state index in [0.29, 0.717) is 5.56 Å². The maximum absolute atomic E-state index is 9.51.